The van der Waals surface area contributed by atoms with Gasteiger partial charge in [0, 0.05) is 11.3 Å². The predicted molar refractivity (Wildman–Crippen MR) is 70.8 cm³/mol. The molecule has 0 atom stereocenters. The van der Waals surface area contributed by atoms with Gasteiger partial charge < -0.3 is 0 Å². The average Bonchev–Trinajstić information content (AvgIpc) is 2.19. The summed E-state index contributed by atoms with van der Waals surface area (Å²) < 4.78 is 0.896. The number of hydrogen-bond donors (Lipinski definition) is 0. The fourth-order valence-electron chi connectivity index (χ4n) is 1.82. The Kier molecular flexibility index (Phi) is 2.98. The summed E-state index contributed by atoms with van der Waals surface area (Å²) in [5, 5.41) is 1.10. The number of halogens is 1. The maximum atomic E-state index is 4.64. The summed E-state index contributed by atoms with van der Waals surface area (Å²) in [7, 11) is 0. The Morgan fingerprint density at radius 2 is 1.81 bits per heavy atom. The molecule has 0 saturated heterocycles. The second kappa shape index (κ2) is 4.13. The molecule has 1 aromatic heterocycles. The van der Waals surface area contributed by atoms with Crippen molar-refractivity contribution >= 4 is 26.8 Å². The summed E-state index contributed by atoms with van der Waals surface area (Å²) in [6, 6.07) is 4.28. The lowest BCUT2D eigenvalue weighted by Gasteiger charge is -2.09. The van der Waals surface area contributed by atoms with Crippen LogP contribution in [0.25, 0.3) is 10.9 Å². The van der Waals surface area contributed by atoms with Crippen LogP contribution in [0.3, 0.4) is 0 Å². The van der Waals surface area contributed by atoms with E-state index in [9.17, 15) is 0 Å². The van der Waals surface area contributed by atoms with Gasteiger partial charge in [0.1, 0.15) is 10.4 Å². The van der Waals surface area contributed by atoms with Crippen LogP contribution in [-0.4, -0.2) is 9.97 Å². The van der Waals surface area contributed by atoms with Gasteiger partial charge in [0.15, 0.2) is 0 Å². The van der Waals surface area contributed by atoms with E-state index in [0.717, 1.165) is 21.3 Å². The lowest BCUT2D eigenvalue weighted by Crippen LogP contribution is -2.00. The fourth-order valence-corrected chi connectivity index (χ4v) is 2.31. The van der Waals surface area contributed by atoms with Crippen LogP contribution in [0.2, 0.25) is 0 Å². The maximum Gasteiger partial charge on any atom is 0.132 e. The van der Waals surface area contributed by atoms with Crippen molar-refractivity contribution in [2.75, 3.05) is 0 Å². The highest BCUT2D eigenvalue weighted by Crippen LogP contribution is 2.26. The number of fused-ring (bicyclic) bond motifs is 1. The zero-order valence-electron chi connectivity index (χ0n) is 10.0. The van der Waals surface area contributed by atoms with E-state index >= 15 is 0 Å². The van der Waals surface area contributed by atoms with Gasteiger partial charge in [0.2, 0.25) is 0 Å². The van der Waals surface area contributed by atoms with E-state index in [-0.39, 0.29) is 0 Å². The molecule has 0 bridgehead atoms. The summed E-state index contributed by atoms with van der Waals surface area (Å²) in [6.45, 7) is 8.41. The van der Waals surface area contributed by atoms with Crippen LogP contribution in [0.1, 0.15) is 36.7 Å². The van der Waals surface area contributed by atoms with Gasteiger partial charge in [-0.3, -0.25) is 0 Å². The quantitative estimate of drug-likeness (QED) is 0.733. The van der Waals surface area contributed by atoms with E-state index in [2.05, 4.69) is 65.7 Å². The molecule has 3 heteroatoms. The van der Waals surface area contributed by atoms with Gasteiger partial charge in [-0.1, -0.05) is 25.5 Å². The first kappa shape index (κ1) is 11.5. The van der Waals surface area contributed by atoms with Gasteiger partial charge in [-0.25, -0.2) is 9.97 Å². The SMILES string of the molecule is Cc1cc(C)c2nc(C(C)C)nc(Br)c2c1. The lowest BCUT2D eigenvalue weighted by atomic mass is 10.1. The molecule has 0 fully saturated rings. The first-order valence-corrected chi connectivity index (χ1v) is 6.22. The molecule has 16 heavy (non-hydrogen) atoms. The molecule has 0 spiro atoms. The van der Waals surface area contributed by atoms with Crippen molar-refractivity contribution in [3.8, 4) is 0 Å². The summed E-state index contributed by atoms with van der Waals surface area (Å²) >= 11 is 3.53. The number of rotatable bonds is 1. The Hall–Kier alpha value is -0.960. The third-order valence-corrected chi connectivity index (χ3v) is 3.23. The van der Waals surface area contributed by atoms with Gasteiger partial charge in [0.05, 0.1) is 5.52 Å². The van der Waals surface area contributed by atoms with E-state index in [4.69, 9.17) is 0 Å². The molecule has 2 aromatic rings. The molecule has 0 unspecified atom stereocenters. The third-order valence-electron chi connectivity index (χ3n) is 2.62. The zero-order valence-corrected chi connectivity index (χ0v) is 11.6. The van der Waals surface area contributed by atoms with E-state index in [0.29, 0.717) is 5.92 Å². The largest absolute Gasteiger partial charge is 0.232 e. The molecule has 0 N–H and O–H groups in total. The van der Waals surface area contributed by atoms with Crippen molar-refractivity contribution in [3.05, 3.63) is 33.7 Å². The first-order valence-electron chi connectivity index (χ1n) is 5.43. The second-order valence-electron chi connectivity index (χ2n) is 4.51. The molecule has 0 amide bonds. The fraction of sp³-hybridized carbons (Fsp3) is 0.385. The Labute approximate surface area is 104 Å². The number of nitrogens with zero attached hydrogens (tertiary/aromatic N) is 2. The van der Waals surface area contributed by atoms with Crippen LogP contribution in [0, 0.1) is 13.8 Å². The Bertz CT molecular complexity index is 547. The van der Waals surface area contributed by atoms with Gasteiger partial charge in [-0.15, -0.1) is 0 Å². The van der Waals surface area contributed by atoms with E-state index in [1.807, 2.05) is 0 Å². The molecule has 0 aliphatic carbocycles. The predicted octanol–water partition coefficient (Wildman–Crippen LogP) is 4.13. The standard InChI is InChI=1S/C13H15BrN2/c1-7(2)13-15-11-9(4)5-8(3)6-10(11)12(14)16-13/h5-7H,1-4H3. The minimum absolute atomic E-state index is 0.349. The van der Waals surface area contributed by atoms with Crippen LogP contribution >= 0.6 is 15.9 Å². The van der Waals surface area contributed by atoms with Crippen LogP contribution < -0.4 is 0 Å². The van der Waals surface area contributed by atoms with Crippen molar-refractivity contribution in [3.63, 3.8) is 0 Å². The molecule has 1 heterocycles. The van der Waals surface area contributed by atoms with Gasteiger partial charge in [-0.2, -0.15) is 0 Å². The molecule has 0 saturated carbocycles. The minimum Gasteiger partial charge on any atom is -0.232 e. The number of hydrogen-bond acceptors (Lipinski definition) is 2. The monoisotopic (exact) mass is 278 g/mol. The molecule has 2 nitrogen and oxygen atoms in total. The molecule has 1 aromatic carbocycles. The van der Waals surface area contributed by atoms with Crippen LogP contribution in [0.15, 0.2) is 16.7 Å². The molecular weight excluding hydrogens is 264 g/mol. The van der Waals surface area contributed by atoms with Crippen molar-refractivity contribution < 1.29 is 0 Å². The molecule has 84 valence electrons. The molecule has 0 aliphatic heterocycles. The first-order chi connectivity index (χ1) is 7.49. The highest BCUT2D eigenvalue weighted by atomic mass is 79.9. The average molecular weight is 279 g/mol. The highest BCUT2D eigenvalue weighted by molar-refractivity contribution is 9.10. The van der Waals surface area contributed by atoms with Crippen molar-refractivity contribution in [1.82, 2.24) is 9.97 Å². The summed E-state index contributed by atoms with van der Waals surface area (Å²) in [5.74, 6) is 1.24. The van der Waals surface area contributed by atoms with Gasteiger partial charge in [-0.05, 0) is 41.4 Å². The number of aryl methyl sites for hydroxylation is 2. The van der Waals surface area contributed by atoms with Gasteiger partial charge >= 0.3 is 0 Å². The van der Waals surface area contributed by atoms with Crippen molar-refractivity contribution in [2.24, 2.45) is 0 Å². The summed E-state index contributed by atoms with van der Waals surface area (Å²) in [5.41, 5.74) is 3.50. The molecule has 2 rings (SSSR count). The van der Waals surface area contributed by atoms with E-state index < -0.39 is 0 Å². The number of benzene rings is 1. The normalized spacial score (nSPS) is 11.4. The molecule has 0 aliphatic rings. The number of aromatic nitrogens is 2. The Balaban J connectivity index is 2.82. The smallest absolute Gasteiger partial charge is 0.132 e. The highest BCUT2D eigenvalue weighted by Gasteiger charge is 2.10. The topological polar surface area (TPSA) is 25.8 Å². The summed E-state index contributed by atoms with van der Waals surface area (Å²) in [6.07, 6.45) is 0. The Morgan fingerprint density at radius 1 is 1.12 bits per heavy atom. The Morgan fingerprint density at radius 3 is 2.44 bits per heavy atom. The van der Waals surface area contributed by atoms with Crippen molar-refractivity contribution in [2.45, 2.75) is 33.6 Å². The van der Waals surface area contributed by atoms with Crippen molar-refractivity contribution in [1.29, 1.82) is 0 Å². The van der Waals surface area contributed by atoms with E-state index in [1.54, 1.807) is 0 Å². The molecular formula is C13H15BrN2. The molecule has 0 radical (unpaired) electrons. The minimum atomic E-state index is 0.349. The van der Waals surface area contributed by atoms with Crippen LogP contribution in [-0.2, 0) is 0 Å². The van der Waals surface area contributed by atoms with Gasteiger partial charge in [0.25, 0.3) is 0 Å². The second-order valence-corrected chi connectivity index (χ2v) is 5.26. The third kappa shape index (κ3) is 1.96. The maximum absolute atomic E-state index is 4.64. The van der Waals surface area contributed by atoms with Crippen LogP contribution in [0.4, 0.5) is 0 Å². The van der Waals surface area contributed by atoms with Crippen LogP contribution in [0.5, 0.6) is 0 Å². The zero-order chi connectivity index (χ0) is 11.9. The van der Waals surface area contributed by atoms with E-state index in [1.165, 1.54) is 11.1 Å². The summed E-state index contributed by atoms with van der Waals surface area (Å²) in [4.78, 5) is 9.12. The lowest BCUT2D eigenvalue weighted by molar-refractivity contribution is 0.778.